The topological polar surface area (TPSA) is 80.0 Å². The monoisotopic (exact) mass is 285 g/mol. The van der Waals surface area contributed by atoms with Crippen LogP contribution >= 0.6 is 22.6 Å². The first kappa shape index (κ1) is 8.25. The third-order valence-electron chi connectivity index (χ3n) is 1.64. The Kier molecular flexibility index (Phi) is 1.81. The van der Waals surface area contributed by atoms with Crippen LogP contribution in [0.4, 0.5) is 5.82 Å². The van der Waals surface area contributed by atoms with Gasteiger partial charge >= 0.3 is 0 Å². The number of hydrogen-bond donors (Lipinski definition) is 1. The molecule has 0 radical (unpaired) electrons. The van der Waals surface area contributed by atoms with Crippen molar-refractivity contribution in [2.24, 2.45) is 0 Å². The van der Waals surface area contributed by atoms with Crippen LogP contribution in [-0.2, 0) is 0 Å². The van der Waals surface area contributed by atoms with E-state index in [2.05, 4.69) is 32.7 Å². The molecule has 0 fully saturated rings. The van der Waals surface area contributed by atoms with E-state index in [9.17, 15) is 0 Å². The van der Waals surface area contributed by atoms with Gasteiger partial charge in [0.1, 0.15) is 17.5 Å². The van der Waals surface area contributed by atoms with Crippen LogP contribution in [0.25, 0.3) is 5.65 Å². The van der Waals surface area contributed by atoms with E-state index >= 15 is 0 Å². The molecule has 0 saturated carbocycles. The van der Waals surface area contributed by atoms with Gasteiger partial charge in [-0.3, -0.25) is 0 Å². The van der Waals surface area contributed by atoms with E-state index in [4.69, 9.17) is 11.0 Å². The van der Waals surface area contributed by atoms with Crippen LogP contribution in [0.5, 0.6) is 0 Å². The normalized spacial score (nSPS) is 10.2. The maximum atomic E-state index is 8.67. The van der Waals surface area contributed by atoms with Crippen molar-refractivity contribution >= 4 is 34.1 Å². The molecule has 0 aromatic carbocycles. The molecule has 6 heteroatoms. The highest BCUT2D eigenvalue weighted by Crippen LogP contribution is 2.15. The van der Waals surface area contributed by atoms with Crippen molar-refractivity contribution < 1.29 is 0 Å². The number of halogens is 1. The molecule has 0 saturated heterocycles. The zero-order valence-corrected chi connectivity index (χ0v) is 8.56. The van der Waals surface area contributed by atoms with Crippen molar-refractivity contribution in [3.63, 3.8) is 0 Å². The second-order valence-corrected chi connectivity index (χ2v) is 3.56. The van der Waals surface area contributed by atoms with Crippen molar-refractivity contribution in [1.82, 2.24) is 14.6 Å². The Balaban J connectivity index is 2.90. The number of nitrogens with two attached hydrogens (primary N) is 1. The average molecular weight is 285 g/mol. The van der Waals surface area contributed by atoms with E-state index in [-0.39, 0.29) is 0 Å². The van der Waals surface area contributed by atoms with Gasteiger partial charge in [-0.05, 0) is 22.6 Å². The maximum absolute atomic E-state index is 8.67. The van der Waals surface area contributed by atoms with Gasteiger partial charge < -0.3 is 5.73 Å². The van der Waals surface area contributed by atoms with Gasteiger partial charge in [0.2, 0.25) is 0 Å². The highest BCUT2D eigenvalue weighted by Gasteiger charge is 2.08. The molecule has 0 bridgehead atoms. The lowest BCUT2D eigenvalue weighted by atomic mass is 10.3. The standard InChI is InChI=1S/C7H4IN5/c8-5-3-12-13-6(10)4(1-9)2-11-7(5)13/h2-3H,10H2. The number of hydrogen-bond acceptors (Lipinski definition) is 4. The summed E-state index contributed by atoms with van der Waals surface area (Å²) in [6, 6.07) is 1.95. The first-order valence-electron chi connectivity index (χ1n) is 3.42. The Labute approximate surface area is 87.3 Å². The summed E-state index contributed by atoms with van der Waals surface area (Å²) >= 11 is 2.11. The summed E-state index contributed by atoms with van der Waals surface area (Å²) in [5.74, 6) is 0.329. The summed E-state index contributed by atoms with van der Waals surface area (Å²) in [5.41, 5.74) is 6.70. The zero-order chi connectivity index (χ0) is 9.42. The predicted octanol–water partition coefficient (Wildman–Crippen LogP) is 0.788. The predicted molar refractivity (Wildman–Crippen MR) is 54.8 cm³/mol. The van der Waals surface area contributed by atoms with Crippen molar-refractivity contribution in [3.8, 4) is 6.07 Å². The minimum Gasteiger partial charge on any atom is -0.382 e. The molecule has 0 aliphatic heterocycles. The van der Waals surface area contributed by atoms with Crippen LogP contribution in [0.1, 0.15) is 5.56 Å². The van der Waals surface area contributed by atoms with Crippen LogP contribution in [0.2, 0.25) is 0 Å². The fourth-order valence-electron chi connectivity index (χ4n) is 1.01. The molecule has 0 unspecified atom stereocenters. The van der Waals surface area contributed by atoms with Crippen molar-refractivity contribution in [1.29, 1.82) is 5.26 Å². The van der Waals surface area contributed by atoms with Gasteiger partial charge in [0.15, 0.2) is 5.65 Å². The van der Waals surface area contributed by atoms with E-state index in [0.717, 1.165) is 3.57 Å². The van der Waals surface area contributed by atoms with Crippen LogP contribution in [0, 0.1) is 14.9 Å². The van der Waals surface area contributed by atoms with E-state index < -0.39 is 0 Å². The first-order valence-corrected chi connectivity index (χ1v) is 4.49. The number of anilines is 1. The molecule has 64 valence electrons. The Morgan fingerprint density at radius 3 is 3.00 bits per heavy atom. The summed E-state index contributed by atoms with van der Waals surface area (Å²) in [4.78, 5) is 4.06. The van der Waals surface area contributed by atoms with Gasteiger partial charge in [-0.15, -0.1) is 0 Å². The molecule has 13 heavy (non-hydrogen) atoms. The maximum Gasteiger partial charge on any atom is 0.170 e. The molecule has 0 aliphatic rings. The second kappa shape index (κ2) is 2.85. The zero-order valence-electron chi connectivity index (χ0n) is 6.40. The number of nitriles is 1. The Hall–Kier alpha value is -1.36. The summed E-state index contributed by atoms with van der Waals surface area (Å²) < 4.78 is 2.37. The number of fused-ring (bicyclic) bond motifs is 1. The molecule has 2 heterocycles. The summed E-state index contributed by atoms with van der Waals surface area (Å²) in [6.45, 7) is 0. The van der Waals surface area contributed by atoms with Gasteiger partial charge in [-0.25, -0.2) is 4.98 Å². The lowest BCUT2D eigenvalue weighted by Crippen LogP contribution is -2.02. The minimum absolute atomic E-state index is 0.329. The molecule has 0 spiro atoms. The Morgan fingerprint density at radius 2 is 2.31 bits per heavy atom. The van der Waals surface area contributed by atoms with Gasteiger partial charge in [-0.2, -0.15) is 14.9 Å². The van der Waals surface area contributed by atoms with Crippen LogP contribution in [-0.4, -0.2) is 14.6 Å². The van der Waals surface area contributed by atoms with Crippen molar-refractivity contribution in [2.45, 2.75) is 0 Å². The third-order valence-corrected chi connectivity index (χ3v) is 2.40. The van der Waals surface area contributed by atoms with E-state index in [1.165, 1.54) is 10.7 Å². The molecule has 0 aliphatic carbocycles. The highest BCUT2D eigenvalue weighted by molar-refractivity contribution is 14.1. The minimum atomic E-state index is 0.329. The third kappa shape index (κ3) is 1.12. The van der Waals surface area contributed by atoms with Crippen LogP contribution in [0.3, 0.4) is 0 Å². The SMILES string of the molecule is N#Cc1cnc2c(I)cnn2c1N. The van der Waals surface area contributed by atoms with Crippen LogP contribution in [0.15, 0.2) is 12.4 Å². The molecule has 0 amide bonds. The lowest BCUT2D eigenvalue weighted by molar-refractivity contribution is 0.948. The number of rotatable bonds is 0. The molecule has 0 atom stereocenters. The molecule has 5 nitrogen and oxygen atoms in total. The van der Waals surface area contributed by atoms with Crippen LogP contribution < -0.4 is 5.73 Å². The Bertz CT molecular complexity index is 509. The van der Waals surface area contributed by atoms with Crippen molar-refractivity contribution in [3.05, 3.63) is 21.5 Å². The molecule has 2 aromatic rings. The van der Waals surface area contributed by atoms with Gasteiger partial charge in [0, 0.05) is 0 Å². The largest absolute Gasteiger partial charge is 0.382 e. The van der Waals surface area contributed by atoms with Gasteiger partial charge in [0.25, 0.3) is 0 Å². The summed E-state index contributed by atoms with van der Waals surface area (Å²) in [5, 5.41) is 12.7. The second-order valence-electron chi connectivity index (χ2n) is 2.40. The average Bonchev–Trinajstić information content (AvgIpc) is 2.50. The molecule has 2 aromatic heterocycles. The fourth-order valence-corrected chi connectivity index (χ4v) is 1.50. The Morgan fingerprint density at radius 1 is 1.54 bits per heavy atom. The number of nitrogens with zero attached hydrogens (tertiary/aromatic N) is 4. The molecule has 2 rings (SSSR count). The smallest absolute Gasteiger partial charge is 0.170 e. The molecular weight excluding hydrogens is 281 g/mol. The van der Waals surface area contributed by atoms with Gasteiger partial charge in [0.05, 0.1) is 16.0 Å². The molecule has 2 N–H and O–H groups in total. The quantitative estimate of drug-likeness (QED) is 0.726. The van der Waals surface area contributed by atoms with Crippen molar-refractivity contribution in [2.75, 3.05) is 5.73 Å². The molecular formula is C7H4IN5. The van der Waals surface area contributed by atoms with E-state index in [0.29, 0.717) is 17.0 Å². The lowest BCUT2D eigenvalue weighted by Gasteiger charge is -1.99. The van der Waals surface area contributed by atoms with E-state index in [1.54, 1.807) is 6.20 Å². The summed E-state index contributed by atoms with van der Waals surface area (Å²) in [6.07, 6.45) is 3.11. The highest BCUT2D eigenvalue weighted by atomic mass is 127. The number of aromatic nitrogens is 3. The first-order chi connectivity index (χ1) is 6.24. The fraction of sp³-hybridized carbons (Fsp3) is 0. The summed E-state index contributed by atoms with van der Waals surface area (Å²) in [7, 11) is 0. The van der Waals surface area contributed by atoms with Gasteiger partial charge in [-0.1, -0.05) is 0 Å². The van der Waals surface area contributed by atoms with E-state index in [1.807, 2.05) is 6.07 Å². The number of nitrogen functional groups attached to an aromatic ring is 1.